The monoisotopic (exact) mass is 273 g/mol. The summed E-state index contributed by atoms with van der Waals surface area (Å²) < 4.78 is 7.46. The lowest BCUT2D eigenvalue weighted by molar-refractivity contribution is 0.339. The molecule has 0 spiro atoms. The Balaban J connectivity index is 1.92. The van der Waals surface area contributed by atoms with Crippen molar-refractivity contribution in [1.82, 2.24) is 15.1 Å². The van der Waals surface area contributed by atoms with Crippen molar-refractivity contribution < 1.29 is 4.74 Å². The van der Waals surface area contributed by atoms with Gasteiger partial charge in [-0.2, -0.15) is 5.10 Å². The van der Waals surface area contributed by atoms with Crippen molar-refractivity contribution in [2.24, 2.45) is 0 Å². The normalized spacial score (nSPS) is 12.3. The lowest BCUT2D eigenvalue weighted by Gasteiger charge is -2.12. The summed E-state index contributed by atoms with van der Waals surface area (Å²) in [6.07, 6.45) is 4.02. The first-order chi connectivity index (χ1) is 9.72. The van der Waals surface area contributed by atoms with Gasteiger partial charge in [0.2, 0.25) is 0 Å². The van der Waals surface area contributed by atoms with Gasteiger partial charge in [-0.3, -0.25) is 4.68 Å². The zero-order valence-corrected chi connectivity index (χ0v) is 12.5. The third-order valence-electron chi connectivity index (χ3n) is 3.30. The molecule has 1 aromatic carbocycles. The Labute approximate surface area is 120 Å². The Morgan fingerprint density at radius 3 is 2.90 bits per heavy atom. The molecule has 1 aromatic heterocycles. The van der Waals surface area contributed by atoms with E-state index in [2.05, 4.69) is 42.6 Å². The Morgan fingerprint density at radius 2 is 2.20 bits per heavy atom. The van der Waals surface area contributed by atoms with Gasteiger partial charge >= 0.3 is 0 Å². The molecule has 0 aliphatic rings. The third kappa shape index (κ3) is 3.84. The average Bonchev–Trinajstić information content (AvgIpc) is 2.94. The molecule has 0 saturated heterocycles. The first-order valence-electron chi connectivity index (χ1n) is 7.20. The fourth-order valence-corrected chi connectivity index (χ4v) is 2.08. The molecule has 1 unspecified atom stereocenters. The fourth-order valence-electron chi connectivity index (χ4n) is 2.08. The number of nitrogens with zero attached hydrogens (tertiary/aromatic N) is 2. The van der Waals surface area contributed by atoms with Crippen LogP contribution in [-0.2, 0) is 13.1 Å². The minimum Gasteiger partial charge on any atom is -0.494 e. The summed E-state index contributed by atoms with van der Waals surface area (Å²) in [5.74, 6) is 0.929. The highest BCUT2D eigenvalue weighted by atomic mass is 16.5. The number of benzene rings is 1. The van der Waals surface area contributed by atoms with Crippen LogP contribution < -0.4 is 10.1 Å². The van der Waals surface area contributed by atoms with E-state index in [1.807, 2.05) is 29.9 Å². The van der Waals surface area contributed by atoms with Gasteiger partial charge in [-0.15, -0.1) is 0 Å². The third-order valence-corrected chi connectivity index (χ3v) is 3.30. The van der Waals surface area contributed by atoms with E-state index in [1.165, 1.54) is 11.1 Å². The number of hydrogen-bond acceptors (Lipinski definition) is 3. The molecule has 0 amide bonds. The maximum absolute atomic E-state index is 5.51. The van der Waals surface area contributed by atoms with Gasteiger partial charge in [-0.25, -0.2) is 0 Å². The molecule has 0 aliphatic carbocycles. The maximum Gasteiger partial charge on any atom is 0.119 e. The molecule has 20 heavy (non-hydrogen) atoms. The van der Waals surface area contributed by atoms with Gasteiger partial charge in [0.05, 0.1) is 12.8 Å². The highest BCUT2D eigenvalue weighted by Crippen LogP contribution is 2.15. The lowest BCUT2D eigenvalue weighted by Crippen LogP contribution is -2.17. The van der Waals surface area contributed by atoms with Crippen LogP contribution in [0.4, 0.5) is 0 Å². The Kier molecular flexibility index (Phi) is 5.18. The van der Waals surface area contributed by atoms with Crippen molar-refractivity contribution in [2.75, 3.05) is 6.61 Å². The van der Waals surface area contributed by atoms with E-state index in [-0.39, 0.29) is 6.04 Å². The van der Waals surface area contributed by atoms with Crippen LogP contribution >= 0.6 is 0 Å². The van der Waals surface area contributed by atoms with Crippen LogP contribution in [-0.4, -0.2) is 16.4 Å². The van der Waals surface area contributed by atoms with E-state index in [4.69, 9.17) is 4.74 Å². The summed E-state index contributed by atoms with van der Waals surface area (Å²) in [5, 5.41) is 7.82. The molecule has 1 N–H and O–H groups in total. The van der Waals surface area contributed by atoms with Crippen LogP contribution in [0.5, 0.6) is 5.75 Å². The van der Waals surface area contributed by atoms with Gasteiger partial charge in [0.25, 0.3) is 0 Å². The molecule has 0 aliphatic heterocycles. The summed E-state index contributed by atoms with van der Waals surface area (Å²) in [5.41, 5.74) is 2.44. The van der Waals surface area contributed by atoms with Crippen molar-refractivity contribution in [3.8, 4) is 5.75 Å². The van der Waals surface area contributed by atoms with Gasteiger partial charge < -0.3 is 10.1 Å². The minimum atomic E-state index is 0.283. The molecule has 108 valence electrons. The summed E-state index contributed by atoms with van der Waals surface area (Å²) in [7, 11) is 0. The quantitative estimate of drug-likeness (QED) is 0.842. The predicted molar refractivity (Wildman–Crippen MR) is 80.8 cm³/mol. The molecule has 2 aromatic rings. The SMILES string of the molecule is CCOc1cccc(CNC(C)c2cnn(CC)c2)c1. The van der Waals surface area contributed by atoms with Crippen LogP contribution in [0, 0.1) is 0 Å². The van der Waals surface area contributed by atoms with Crippen LogP contribution in [0.15, 0.2) is 36.7 Å². The Hall–Kier alpha value is -1.81. The van der Waals surface area contributed by atoms with Gasteiger partial charge in [-0.05, 0) is 38.5 Å². The highest BCUT2D eigenvalue weighted by Gasteiger charge is 2.07. The van der Waals surface area contributed by atoms with Crippen LogP contribution in [0.25, 0.3) is 0 Å². The van der Waals surface area contributed by atoms with Crippen molar-refractivity contribution >= 4 is 0 Å². The summed E-state index contributed by atoms with van der Waals surface area (Å²) in [4.78, 5) is 0. The second-order valence-corrected chi connectivity index (χ2v) is 4.81. The molecular formula is C16H23N3O. The largest absolute Gasteiger partial charge is 0.494 e. The van der Waals surface area contributed by atoms with Gasteiger partial charge in [0.1, 0.15) is 5.75 Å². The molecule has 4 nitrogen and oxygen atoms in total. The van der Waals surface area contributed by atoms with Crippen molar-refractivity contribution in [1.29, 1.82) is 0 Å². The molecule has 0 saturated carbocycles. The second kappa shape index (κ2) is 7.10. The maximum atomic E-state index is 5.51. The van der Waals surface area contributed by atoms with Crippen LogP contribution in [0.3, 0.4) is 0 Å². The molecular weight excluding hydrogens is 250 g/mol. The van der Waals surface area contributed by atoms with E-state index in [1.54, 1.807) is 0 Å². The molecule has 1 atom stereocenters. The topological polar surface area (TPSA) is 39.1 Å². The van der Waals surface area contributed by atoms with Gasteiger partial charge in [0, 0.05) is 30.9 Å². The average molecular weight is 273 g/mol. The zero-order chi connectivity index (χ0) is 14.4. The molecule has 4 heteroatoms. The standard InChI is InChI=1S/C16H23N3O/c1-4-19-12-15(11-18-19)13(3)17-10-14-7-6-8-16(9-14)20-5-2/h6-9,11-13,17H,4-5,10H2,1-3H3. The minimum absolute atomic E-state index is 0.283. The molecule has 0 radical (unpaired) electrons. The fraction of sp³-hybridized carbons (Fsp3) is 0.438. The van der Waals surface area contributed by atoms with E-state index in [9.17, 15) is 0 Å². The number of aryl methyl sites for hydroxylation is 1. The highest BCUT2D eigenvalue weighted by molar-refractivity contribution is 5.28. The molecule has 0 bridgehead atoms. The summed E-state index contributed by atoms with van der Waals surface area (Å²) in [6.45, 7) is 8.67. The van der Waals surface area contributed by atoms with Crippen LogP contribution in [0.2, 0.25) is 0 Å². The van der Waals surface area contributed by atoms with E-state index < -0.39 is 0 Å². The van der Waals surface area contributed by atoms with E-state index in [0.29, 0.717) is 6.61 Å². The smallest absolute Gasteiger partial charge is 0.119 e. The summed E-state index contributed by atoms with van der Waals surface area (Å²) >= 11 is 0. The zero-order valence-electron chi connectivity index (χ0n) is 12.5. The first-order valence-corrected chi connectivity index (χ1v) is 7.20. The number of nitrogens with one attached hydrogen (secondary N) is 1. The number of hydrogen-bond donors (Lipinski definition) is 1. The lowest BCUT2D eigenvalue weighted by atomic mass is 10.1. The van der Waals surface area contributed by atoms with E-state index in [0.717, 1.165) is 18.8 Å². The first kappa shape index (κ1) is 14.6. The molecule has 1 heterocycles. The number of ether oxygens (including phenoxy) is 1. The van der Waals surface area contributed by atoms with Gasteiger partial charge in [0.15, 0.2) is 0 Å². The molecule has 0 fully saturated rings. The predicted octanol–water partition coefficient (Wildman–Crippen LogP) is 3.15. The van der Waals surface area contributed by atoms with Crippen molar-refractivity contribution in [2.45, 2.75) is 39.9 Å². The van der Waals surface area contributed by atoms with Crippen LogP contribution in [0.1, 0.15) is 37.9 Å². The Morgan fingerprint density at radius 1 is 1.35 bits per heavy atom. The van der Waals surface area contributed by atoms with Gasteiger partial charge in [-0.1, -0.05) is 12.1 Å². The molecule has 2 rings (SSSR count). The Bertz CT molecular complexity index is 536. The number of aromatic nitrogens is 2. The van der Waals surface area contributed by atoms with E-state index >= 15 is 0 Å². The van der Waals surface area contributed by atoms with Crippen molar-refractivity contribution in [3.05, 3.63) is 47.8 Å². The van der Waals surface area contributed by atoms with Crippen molar-refractivity contribution in [3.63, 3.8) is 0 Å². The number of rotatable bonds is 7. The second-order valence-electron chi connectivity index (χ2n) is 4.81. The summed E-state index contributed by atoms with van der Waals surface area (Å²) in [6, 6.07) is 8.49.